The summed E-state index contributed by atoms with van der Waals surface area (Å²) in [6, 6.07) is 2.30. The molecule has 0 aliphatic carbocycles. The Kier molecular flexibility index (Phi) is 7.44. The highest BCUT2D eigenvalue weighted by molar-refractivity contribution is 5.94. The Morgan fingerprint density at radius 1 is 1.26 bits per heavy atom. The summed E-state index contributed by atoms with van der Waals surface area (Å²) >= 11 is 0. The average Bonchev–Trinajstić information content (AvgIpc) is 2.46. The van der Waals surface area contributed by atoms with Gasteiger partial charge in [0.05, 0.1) is 12.2 Å². The van der Waals surface area contributed by atoms with Crippen LogP contribution in [-0.4, -0.2) is 31.2 Å². The lowest BCUT2D eigenvalue weighted by Crippen LogP contribution is -2.44. The van der Waals surface area contributed by atoms with Gasteiger partial charge >= 0.3 is 6.09 Å². The van der Waals surface area contributed by atoms with Crippen LogP contribution < -0.4 is 10.6 Å². The number of rotatable bonds is 7. The SMILES string of the molecule is CCOC(=O)NC(CNC(=O)c1cc(F)ccc1F)CC(C)C. The van der Waals surface area contributed by atoms with Crippen LogP contribution in [0.5, 0.6) is 0 Å². The van der Waals surface area contributed by atoms with Gasteiger partial charge in [-0.2, -0.15) is 0 Å². The van der Waals surface area contributed by atoms with E-state index in [1.54, 1.807) is 6.92 Å². The highest BCUT2D eigenvalue weighted by atomic mass is 19.1. The largest absolute Gasteiger partial charge is 0.450 e. The van der Waals surface area contributed by atoms with Gasteiger partial charge < -0.3 is 15.4 Å². The van der Waals surface area contributed by atoms with Crippen LogP contribution in [0.1, 0.15) is 37.6 Å². The molecule has 2 N–H and O–H groups in total. The number of carbonyl (C=O) groups excluding carboxylic acids is 2. The lowest BCUT2D eigenvalue weighted by molar-refractivity contribution is 0.0940. The molecular weight excluding hydrogens is 306 g/mol. The molecule has 0 spiro atoms. The van der Waals surface area contributed by atoms with Crippen LogP contribution in [-0.2, 0) is 4.74 Å². The third-order valence-corrected chi connectivity index (χ3v) is 3.04. The summed E-state index contributed by atoms with van der Waals surface area (Å²) in [7, 11) is 0. The van der Waals surface area contributed by atoms with E-state index >= 15 is 0 Å². The first-order valence-electron chi connectivity index (χ1n) is 7.50. The fourth-order valence-corrected chi connectivity index (χ4v) is 2.08. The molecule has 1 atom stereocenters. The average molecular weight is 328 g/mol. The van der Waals surface area contributed by atoms with Gasteiger partial charge in [-0.1, -0.05) is 13.8 Å². The Hall–Kier alpha value is -2.18. The zero-order chi connectivity index (χ0) is 17.4. The van der Waals surface area contributed by atoms with E-state index in [0.717, 1.165) is 18.2 Å². The molecule has 23 heavy (non-hydrogen) atoms. The van der Waals surface area contributed by atoms with E-state index in [0.29, 0.717) is 6.42 Å². The predicted molar refractivity (Wildman–Crippen MR) is 82.1 cm³/mol. The van der Waals surface area contributed by atoms with E-state index in [2.05, 4.69) is 10.6 Å². The molecule has 0 radical (unpaired) electrons. The van der Waals surface area contributed by atoms with Crippen molar-refractivity contribution in [2.75, 3.05) is 13.2 Å². The van der Waals surface area contributed by atoms with Crippen LogP contribution in [0.15, 0.2) is 18.2 Å². The molecule has 1 aromatic carbocycles. The first-order chi connectivity index (χ1) is 10.8. The Labute approximate surface area is 134 Å². The maximum Gasteiger partial charge on any atom is 0.407 e. The first-order valence-corrected chi connectivity index (χ1v) is 7.50. The van der Waals surface area contributed by atoms with E-state index in [9.17, 15) is 18.4 Å². The van der Waals surface area contributed by atoms with Crippen LogP contribution in [0.2, 0.25) is 0 Å². The Morgan fingerprint density at radius 2 is 1.96 bits per heavy atom. The van der Waals surface area contributed by atoms with Gasteiger partial charge in [0, 0.05) is 12.6 Å². The monoisotopic (exact) mass is 328 g/mol. The van der Waals surface area contributed by atoms with Gasteiger partial charge in [0.2, 0.25) is 0 Å². The molecule has 0 aliphatic rings. The maximum absolute atomic E-state index is 13.5. The first kappa shape index (κ1) is 18.9. The lowest BCUT2D eigenvalue weighted by Gasteiger charge is -2.20. The molecular formula is C16H22F2N2O3. The molecule has 1 aromatic rings. The molecule has 5 nitrogen and oxygen atoms in total. The summed E-state index contributed by atoms with van der Waals surface area (Å²) in [5.41, 5.74) is -0.371. The summed E-state index contributed by atoms with van der Waals surface area (Å²) in [6.45, 7) is 5.94. The minimum absolute atomic E-state index is 0.0891. The lowest BCUT2D eigenvalue weighted by atomic mass is 10.0. The van der Waals surface area contributed by atoms with Crippen LogP contribution in [0.3, 0.4) is 0 Å². The van der Waals surface area contributed by atoms with Gasteiger partial charge in [-0.05, 0) is 37.5 Å². The van der Waals surface area contributed by atoms with Crippen molar-refractivity contribution >= 4 is 12.0 Å². The number of carbonyl (C=O) groups is 2. The Balaban J connectivity index is 2.67. The molecule has 1 unspecified atom stereocenters. The molecule has 0 heterocycles. The number of ether oxygens (including phenoxy) is 1. The molecule has 0 fully saturated rings. The Bertz CT molecular complexity index is 550. The molecule has 0 aliphatic heterocycles. The quantitative estimate of drug-likeness (QED) is 0.809. The van der Waals surface area contributed by atoms with Crippen molar-refractivity contribution in [1.82, 2.24) is 10.6 Å². The number of hydrogen-bond acceptors (Lipinski definition) is 3. The zero-order valence-corrected chi connectivity index (χ0v) is 13.5. The van der Waals surface area contributed by atoms with Gasteiger partial charge in [-0.25, -0.2) is 13.6 Å². The van der Waals surface area contributed by atoms with Crippen molar-refractivity contribution in [2.45, 2.75) is 33.2 Å². The molecule has 0 bridgehead atoms. The predicted octanol–water partition coefficient (Wildman–Crippen LogP) is 2.86. The van der Waals surface area contributed by atoms with E-state index in [4.69, 9.17) is 4.74 Å². The van der Waals surface area contributed by atoms with Gasteiger partial charge in [-0.3, -0.25) is 4.79 Å². The van der Waals surface area contributed by atoms with Gasteiger partial charge in [0.15, 0.2) is 0 Å². The van der Waals surface area contributed by atoms with Crippen LogP contribution in [0.25, 0.3) is 0 Å². The number of nitrogens with one attached hydrogen (secondary N) is 2. The van der Waals surface area contributed by atoms with Crippen LogP contribution in [0.4, 0.5) is 13.6 Å². The number of alkyl carbamates (subject to hydrolysis) is 1. The smallest absolute Gasteiger partial charge is 0.407 e. The second-order valence-electron chi connectivity index (χ2n) is 5.53. The fraction of sp³-hybridized carbons (Fsp3) is 0.500. The van der Waals surface area contributed by atoms with Crippen LogP contribution >= 0.6 is 0 Å². The highest BCUT2D eigenvalue weighted by Crippen LogP contribution is 2.10. The normalized spacial score (nSPS) is 11.9. The van der Waals surface area contributed by atoms with Crippen molar-refractivity contribution in [3.8, 4) is 0 Å². The topological polar surface area (TPSA) is 67.4 Å². The van der Waals surface area contributed by atoms with Crippen molar-refractivity contribution < 1.29 is 23.1 Å². The summed E-state index contributed by atoms with van der Waals surface area (Å²) in [5.74, 6) is -1.96. The second-order valence-corrected chi connectivity index (χ2v) is 5.53. The minimum atomic E-state index is -0.803. The standard InChI is InChI=1S/C16H22F2N2O3/c1-4-23-16(22)20-12(7-10(2)3)9-19-15(21)13-8-11(17)5-6-14(13)18/h5-6,8,10,12H,4,7,9H2,1-3H3,(H,19,21)(H,20,22). The van der Waals surface area contributed by atoms with E-state index in [-0.39, 0.29) is 30.7 Å². The molecule has 0 aromatic heterocycles. The minimum Gasteiger partial charge on any atom is -0.450 e. The summed E-state index contributed by atoms with van der Waals surface area (Å²) in [5, 5.41) is 5.14. The van der Waals surface area contributed by atoms with Crippen LogP contribution in [0, 0.1) is 17.6 Å². The Morgan fingerprint density at radius 3 is 2.57 bits per heavy atom. The molecule has 0 saturated carbocycles. The highest BCUT2D eigenvalue weighted by Gasteiger charge is 2.18. The molecule has 0 saturated heterocycles. The second kappa shape index (κ2) is 9.07. The van der Waals surface area contributed by atoms with Gasteiger partial charge in [0.1, 0.15) is 11.6 Å². The molecule has 7 heteroatoms. The number of halogens is 2. The third-order valence-electron chi connectivity index (χ3n) is 3.04. The molecule has 128 valence electrons. The molecule has 2 amide bonds. The maximum atomic E-state index is 13.5. The summed E-state index contributed by atoms with van der Waals surface area (Å²) in [6.07, 6.45) is 0.0226. The van der Waals surface area contributed by atoms with Gasteiger partial charge in [0.25, 0.3) is 5.91 Å². The van der Waals surface area contributed by atoms with Crippen molar-refractivity contribution in [3.05, 3.63) is 35.4 Å². The van der Waals surface area contributed by atoms with E-state index in [1.165, 1.54) is 0 Å². The fourth-order valence-electron chi connectivity index (χ4n) is 2.08. The third kappa shape index (κ3) is 6.63. The summed E-state index contributed by atoms with van der Waals surface area (Å²) in [4.78, 5) is 23.5. The van der Waals surface area contributed by atoms with Gasteiger partial charge in [-0.15, -0.1) is 0 Å². The van der Waals surface area contributed by atoms with Crippen molar-refractivity contribution in [2.24, 2.45) is 5.92 Å². The van der Waals surface area contributed by atoms with Crippen molar-refractivity contribution in [3.63, 3.8) is 0 Å². The summed E-state index contributed by atoms with van der Waals surface area (Å²) < 4.78 is 31.5. The van der Waals surface area contributed by atoms with Crippen molar-refractivity contribution in [1.29, 1.82) is 0 Å². The molecule has 1 rings (SSSR count). The zero-order valence-electron chi connectivity index (χ0n) is 13.5. The van der Waals surface area contributed by atoms with E-state index < -0.39 is 23.6 Å². The number of hydrogen-bond donors (Lipinski definition) is 2. The number of benzene rings is 1. The van der Waals surface area contributed by atoms with E-state index in [1.807, 2.05) is 13.8 Å². The number of amides is 2.